The summed E-state index contributed by atoms with van der Waals surface area (Å²) >= 11 is 1.79. The van der Waals surface area contributed by atoms with Gasteiger partial charge in [-0.15, -0.1) is 11.8 Å². The van der Waals surface area contributed by atoms with Crippen LogP contribution in [0, 0.1) is 0 Å². The number of nitrogens with zero attached hydrogens (tertiary/aromatic N) is 1. The Labute approximate surface area is 182 Å². The van der Waals surface area contributed by atoms with Crippen LogP contribution in [-0.4, -0.2) is 49.7 Å². The van der Waals surface area contributed by atoms with Gasteiger partial charge < -0.3 is 10.1 Å². The molecular formula is C22H26N2O4S2. The first kappa shape index (κ1) is 21.4. The molecule has 0 bridgehead atoms. The van der Waals surface area contributed by atoms with Gasteiger partial charge >= 0.3 is 0 Å². The largest absolute Gasteiger partial charge is 0.373 e. The molecule has 1 N–H and O–H groups in total. The second kappa shape index (κ2) is 8.70. The number of hydrogen-bond acceptors (Lipinski definition) is 5. The molecule has 2 aliphatic heterocycles. The van der Waals surface area contributed by atoms with Crippen molar-refractivity contribution in [3.8, 4) is 0 Å². The first-order valence-electron chi connectivity index (χ1n) is 10.1. The highest BCUT2D eigenvalue weighted by Crippen LogP contribution is 2.36. The highest BCUT2D eigenvalue weighted by Gasteiger charge is 2.32. The minimum absolute atomic E-state index is 0.0730. The van der Waals surface area contributed by atoms with E-state index < -0.39 is 10.0 Å². The molecule has 2 aromatic rings. The molecule has 30 heavy (non-hydrogen) atoms. The lowest BCUT2D eigenvalue weighted by atomic mass is 10.0. The topological polar surface area (TPSA) is 75.7 Å². The number of thioether (sulfide) groups is 1. The number of ether oxygens (including phenoxy) is 1. The van der Waals surface area contributed by atoms with Gasteiger partial charge in [0.05, 0.1) is 23.1 Å². The highest BCUT2D eigenvalue weighted by atomic mass is 32.2. The molecule has 1 saturated heterocycles. The molecule has 1 amide bonds. The summed E-state index contributed by atoms with van der Waals surface area (Å²) in [6.45, 7) is 4.34. The predicted octanol–water partition coefficient (Wildman–Crippen LogP) is 3.45. The lowest BCUT2D eigenvalue weighted by Gasteiger charge is -2.34. The number of rotatable bonds is 4. The molecule has 2 heterocycles. The van der Waals surface area contributed by atoms with Crippen molar-refractivity contribution in [2.75, 3.05) is 18.8 Å². The Hall–Kier alpha value is -1.87. The van der Waals surface area contributed by atoms with Gasteiger partial charge in [-0.1, -0.05) is 24.3 Å². The van der Waals surface area contributed by atoms with Crippen molar-refractivity contribution in [3.05, 3.63) is 59.7 Å². The lowest BCUT2D eigenvalue weighted by molar-refractivity contribution is -0.0440. The number of fused-ring (bicyclic) bond motifs is 1. The fraction of sp³-hybridized carbons (Fsp3) is 0.409. The molecule has 2 aliphatic rings. The van der Waals surface area contributed by atoms with E-state index in [1.165, 1.54) is 15.3 Å². The third-order valence-electron chi connectivity index (χ3n) is 5.38. The maximum Gasteiger partial charge on any atom is 0.251 e. The summed E-state index contributed by atoms with van der Waals surface area (Å²) in [4.78, 5) is 14.3. The van der Waals surface area contributed by atoms with Gasteiger partial charge in [-0.2, -0.15) is 4.31 Å². The van der Waals surface area contributed by atoms with Crippen molar-refractivity contribution in [2.45, 2.75) is 48.3 Å². The smallest absolute Gasteiger partial charge is 0.251 e. The number of morpholine rings is 1. The highest BCUT2D eigenvalue weighted by molar-refractivity contribution is 7.99. The van der Waals surface area contributed by atoms with Crippen LogP contribution in [0.25, 0.3) is 0 Å². The number of carbonyl (C=O) groups is 1. The molecule has 160 valence electrons. The van der Waals surface area contributed by atoms with Crippen LogP contribution in [0.3, 0.4) is 0 Å². The SMILES string of the molecule is C[C@@H]1CN(S(=O)(=O)c2cccc(C(=O)N[C@@H]3CCSc4ccccc43)c2)C[C@@H](C)O1. The Morgan fingerprint density at radius 1 is 1.10 bits per heavy atom. The first-order chi connectivity index (χ1) is 14.3. The number of amides is 1. The number of nitrogens with one attached hydrogen (secondary N) is 1. The maximum absolute atomic E-state index is 13.1. The standard InChI is InChI=1S/C22H26N2O4S2/c1-15-13-24(14-16(2)28-15)30(26,27)18-7-5-6-17(12-18)22(25)23-20-10-11-29-21-9-4-3-8-19(20)21/h3-9,12,15-16,20H,10-11,13-14H2,1-2H3,(H,23,25)/t15-,16-,20-/m1/s1. The van der Waals surface area contributed by atoms with Gasteiger partial charge in [-0.05, 0) is 50.1 Å². The van der Waals surface area contributed by atoms with Crippen LogP contribution in [0.2, 0.25) is 0 Å². The van der Waals surface area contributed by atoms with E-state index >= 15 is 0 Å². The monoisotopic (exact) mass is 446 g/mol. The van der Waals surface area contributed by atoms with E-state index in [2.05, 4.69) is 11.4 Å². The van der Waals surface area contributed by atoms with E-state index in [9.17, 15) is 13.2 Å². The molecule has 6 nitrogen and oxygen atoms in total. The Bertz CT molecular complexity index is 1030. The summed E-state index contributed by atoms with van der Waals surface area (Å²) in [6.07, 6.45) is 0.507. The van der Waals surface area contributed by atoms with Gasteiger partial charge in [-0.3, -0.25) is 4.79 Å². The predicted molar refractivity (Wildman–Crippen MR) is 117 cm³/mol. The molecule has 3 atom stereocenters. The zero-order valence-corrected chi connectivity index (χ0v) is 18.7. The fourth-order valence-electron chi connectivity index (χ4n) is 4.01. The van der Waals surface area contributed by atoms with Crippen LogP contribution in [0.1, 0.15) is 42.2 Å². The second-order valence-electron chi connectivity index (χ2n) is 7.81. The number of carbonyl (C=O) groups excluding carboxylic acids is 1. The summed E-state index contributed by atoms with van der Waals surface area (Å²) in [7, 11) is -3.70. The molecule has 4 rings (SSSR count). The average molecular weight is 447 g/mol. The summed E-state index contributed by atoms with van der Waals surface area (Å²) in [5, 5.41) is 3.08. The van der Waals surface area contributed by atoms with Crippen LogP contribution >= 0.6 is 11.8 Å². The summed E-state index contributed by atoms with van der Waals surface area (Å²) in [5.74, 6) is 0.673. The normalized spacial score (nSPS) is 24.8. The van der Waals surface area contributed by atoms with Gasteiger partial charge in [-0.25, -0.2) is 8.42 Å². The summed E-state index contributed by atoms with van der Waals surface area (Å²) in [5.41, 5.74) is 1.46. The van der Waals surface area contributed by atoms with Crippen molar-refractivity contribution in [2.24, 2.45) is 0 Å². The zero-order valence-electron chi connectivity index (χ0n) is 17.1. The lowest BCUT2D eigenvalue weighted by Crippen LogP contribution is -2.48. The number of benzene rings is 2. The van der Waals surface area contributed by atoms with Gasteiger partial charge in [0.25, 0.3) is 5.91 Å². The van der Waals surface area contributed by atoms with Crippen molar-refractivity contribution in [1.29, 1.82) is 0 Å². The molecule has 1 fully saturated rings. The Balaban J connectivity index is 1.54. The Kier molecular flexibility index (Phi) is 6.20. The molecule has 8 heteroatoms. The van der Waals surface area contributed by atoms with E-state index in [1.807, 2.05) is 32.0 Å². The van der Waals surface area contributed by atoms with Crippen LogP contribution in [0.15, 0.2) is 58.3 Å². The second-order valence-corrected chi connectivity index (χ2v) is 10.9. The molecule has 0 saturated carbocycles. The third kappa shape index (κ3) is 4.42. The molecule has 0 unspecified atom stereocenters. The quantitative estimate of drug-likeness (QED) is 0.779. The van der Waals surface area contributed by atoms with E-state index in [0.29, 0.717) is 18.7 Å². The van der Waals surface area contributed by atoms with Gasteiger partial charge in [0.2, 0.25) is 10.0 Å². The molecule has 0 aliphatic carbocycles. The fourth-order valence-corrected chi connectivity index (χ4v) is 6.77. The van der Waals surface area contributed by atoms with Crippen LogP contribution < -0.4 is 5.32 Å². The molecule has 0 radical (unpaired) electrons. The van der Waals surface area contributed by atoms with Gasteiger partial charge in [0, 0.05) is 29.3 Å². The van der Waals surface area contributed by atoms with Crippen LogP contribution in [0.5, 0.6) is 0 Å². The third-order valence-corrected chi connectivity index (χ3v) is 8.33. The summed E-state index contributed by atoms with van der Waals surface area (Å²) < 4.78 is 33.4. The zero-order chi connectivity index (χ0) is 21.3. The Morgan fingerprint density at radius 3 is 2.60 bits per heavy atom. The van der Waals surface area contributed by atoms with E-state index in [-0.39, 0.29) is 29.1 Å². The minimum Gasteiger partial charge on any atom is -0.373 e. The van der Waals surface area contributed by atoms with Crippen molar-refractivity contribution < 1.29 is 17.9 Å². The Morgan fingerprint density at radius 2 is 1.83 bits per heavy atom. The minimum atomic E-state index is -3.70. The van der Waals surface area contributed by atoms with Crippen molar-refractivity contribution in [1.82, 2.24) is 9.62 Å². The number of sulfonamides is 1. The van der Waals surface area contributed by atoms with Gasteiger partial charge in [0.15, 0.2) is 0 Å². The molecular weight excluding hydrogens is 420 g/mol. The molecule has 0 aromatic heterocycles. The van der Waals surface area contributed by atoms with Crippen LogP contribution in [-0.2, 0) is 14.8 Å². The van der Waals surface area contributed by atoms with Crippen molar-refractivity contribution in [3.63, 3.8) is 0 Å². The first-order valence-corrected chi connectivity index (χ1v) is 12.6. The average Bonchev–Trinajstić information content (AvgIpc) is 2.73. The van der Waals surface area contributed by atoms with E-state index in [0.717, 1.165) is 17.7 Å². The van der Waals surface area contributed by atoms with E-state index in [1.54, 1.807) is 30.0 Å². The molecule has 2 aromatic carbocycles. The van der Waals surface area contributed by atoms with Crippen molar-refractivity contribution >= 4 is 27.7 Å². The van der Waals surface area contributed by atoms with E-state index in [4.69, 9.17) is 4.74 Å². The van der Waals surface area contributed by atoms with Gasteiger partial charge in [0.1, 0.15) is 0 Å². The molecule has 0 spiro atoms. The van der Waals surface area contributed by atoms with Crippen LogP contribution in [0.4, 0.5) is 0 Å². The number of hydrogen-bond donors (Lipinski definition) is 1. The summed E-state index contributed by atoms with van der Waals surface area (Å²) in [6, 6.07) is 14.3. The maximum atomic E-state index is 13.1.